The van der Waals surface area contributed by atoms with Gasteiger partial charge in [-0.15, -0.1) is 0 Å². The second-order valence-corrected chi connectivity index (χ2v) is 6.61. The second kappa shape index (κ2) is 9.51. The summed E-state index contributed by atoms with van der Waals surface area (Å²) in [6.45, 7) is 2.85. The van der Waals surface area contributed by atoms with Gasteiger partial charge in [-0.1, -0.05) is 39.5 Å². The highest BCUT2D eigenvalue weighted by Gasteiger charge is 2.82. The minimum atomic E-state index is -6.94. The molecule has 0 aliphatic heterocycles. The Morgan fingerprint density at radius 3 is 0.966 bits per heavy atom. The van der Waals surface area contributed by atoms with Crippen LogP contribution < -0.4 is 0 Å². The van der Waals surface area contributed by atoms with Gasteiger partial charge in [0.15, 0.2) is 0 Å². The standard InChI is InChI=1S/C16H22F12O/c1-3-5-7-9-11(17,18)13(21,15(23,24)25)29-14(22,16(26,27)28)12(19,20)10-8-6-4-2/h3-10H2,1-2H3. The molecule has 0 rings (SSSR count). The number of unbranched alkanes of at least 4 members (excludes halogenated alkanes) is 4. The molecule has 0 aromatic heterocycles. The predicted molar refractivity (Wildman–Crippen MR) is 79.1 cm³/mol. The monoisotopic (exact) mass is 458 g/mol. The van der Waals surface area contributed by atoms with Crippen molar-refractivity contribution in [2.75, 3.05) is 0 Å². The van der Waals surface area contributed by atoms with E-state index in [9.17, 15) is 52.7 Å². The first-order chi connectivity index (χ1) is 12.8. The summed E-state index contributed by atoms with van der Waals surface area (Å²) in [5.74, 6) is -24.8. The Morgan fingerprint density at radius 1 is 0.483 bits per heavy atom. The fraction of sp³-hybridized carbons (Fsp3) is 1.00. The van der Waals surface area contributed by atoms with Gasteiger partial charge in [-0.05, 0) is 12.8 Å². The maximum absolute atomic E-state index is 14.3. The second-order valence-electron chi connectivity index (χ2n) is 6.61. The molecule has 0 aliphatic rings. The fourth-order valence-electron chi connectivity index (χ4n) is 2.39. The summed E-state index contributed by atoms with van der Waals surface area (Å²) in [4.78, 5) is 0. The molecule has 0 aromatic carbocycles. The molecule has 0 saturated carbocycles. The van der Waals surface area contributed by atoms with Gasteiger partial charge in [0.05, 0.1) is 0 Å². The fourth-order valence-corrected chi connectivity index (χ4v) is 2.39. The van der Waals surface area contributed by atoms with Crippen molar-refractivity contribution in [2.45, 2.75) is 101 Å². The van der Waals surface area contributed by atoms with Crippen LogP contribution >= 0.6 is 0 Å². The first-order valence-electron chi connectivity index (χ1n) is 8.80. The Bertz CT molecular complexity index is 457. The first-order valence-corrected chi connectivity index (χ1v) is 8.80. The zero-order chi connectivity index (χ0) is 23.4. The minimum Gasteiger partial charge on any atom is -0.284 e. The molecule has 0 saturated heterocycles. The Balaban J connectivity index is 6.24. The molecule has 1 nitrogen and oxygen atoms in total. The van der Waals surface area contributed by atoms with Gasteiger partial charge in [0.1, 0.15) is 0 Å². The van der Waals surface area contributed by atoms with Crippen LogP contribution in [0, 0.1) is 0 Å². The topological polar surface area (TPSA) is 9.23 Å². The molecule has 2 atom stereocenters. The molecule has 176 valence electrons. The van der Waals surface area contributed by atoms with Gasteiger partial charge in [0, 0.05) is 12.8 Å². The molecule has 29 heavy (non-hydrogen) atoms. The Hall–Kier alpha value is -0.880. The summed E-state index contributed by atoms with van der Waals surface area (Å²) >= 11 is 0. The smallest absolute Gasteiger partial charge is 0.284 e. The third-order valence-corrected chi connectivity index (χ3v) is 4.14. The van der Waals surface area contributed by atoms with Crippen LogP contribution in [0.4, 0.5) is 52.7 Å². The van der Waals surface area contributed by atoms with Crippen LogP contribution in [-0.4, -0.2) is 35.9 Å². The average Bonchev–Trinajstić information content (AvgIpc) is 2.52. The van der Waals surface area contributed by atoms with E-state index in [1.54, 1.807) is 0 Å². The molecule has 0 fully saturated rings. The van der Waals surface area contributed by atoms with Crippen LogP contribution in [0.2, 0.25) is 0 Å². The number of hydrogen-bond acceptors (Lipinski definition) is 1. The zero-order valence-corrected chi connectivity index (χ0v) is 15.6. The lowest BCUT2D eigenvalue weighted by Crippen LogP contribution is -2.67. The van der Waals surface area contributed by atoms with Crippen molar-refractivity contribution in [3.63, 3.8) is 0 Å². The Morgan fingerprint density at radius 2 is 0.759 bits per heavy atom. The van der Waals surface area contributed by atoms with Gasteiger partial charge in [0.2, 0.25) is 0 Å². The van der Waals surface area contributed by atoms with Gasteiger partial charge < -0.3 is 0 Å². The molecule has 13 heteroatoms. The van der Waals surface area contributed by atoms with E-state index in [-0.39, 0.29) is 25.7 Å². The summed E-state index contributed by atoms with van der Waals surface area (Å²) in [5, 5.41) is 0. The lowest BCUT2D eigenvalue weighted by molar-refractivity contribution is -0.500. The van der Waals surface area contributed by atoms with Crippen molar-refractivity contribution < 1.29 is 57.4 Å². The molecule has 0 N–H and O–H groups in total. The highest BCUT2D eigenvalue weighted by molar-refractivity contribution is 5.00. The highest BCUT2D eigenvalue weighted by atomic mass is 19.4. The lowest BCUT2D eigenvalue weighted by atomic mass is 9.99. The average molecular weight is 458 g/mol. The summed E-state index contributed by atoms with van der Waals surface area (Å²) in [5.41, 5.74) is 0. The number of halogens is 12. The lowest BCUT2D eigenvalue weighted by Gasteiger charge is -2.42. The number of hydrogen-bond donors (Lipinski definition) is 0. The van der Waals surface area contributed by atoms with E-state index in [0.717, 1.165) is 0 Å². The van der Waals surface area contributed by atoms with Crippen molar-refractivity contribution in [3.05, 3.63) is 0 Å². The summed E-state index contributed by atoms with van der Waals surface area (Å²) in [6, 6.07) is 0. The van der Waals surface area contributed by atoms with Crippen LogP contribution in [0.5, 0.6) is 0 Å². The highest BCUT2D eigenvalue weighted by Crippen LogP contribution is 2.57. The number of ether oxygens (including phenoxy) is 1. The molecule has 0 bridgehead atoms. The van der Waals surface area contributed by atoms with E-state index in [0.29, 0.717) is 0 Å². The summed E-state index contributed by atoms with van der Waals surface area (Å²) in [6.07, 6.45) is -19.5. The summed E-state index contributed by atoms with van der Waals surface area (Å²) < 4.78 is 164. The molecule has 0 spiro atoms. The Kier molecular flexibility index (Phi) is 9.22. The van der Waals surface area contributed by atoms with Crippen molar-refractivity contribution in [3.8, 4) is 0 Å². The van der Waals surface area contributed by atoms with Crippen LogP contribution in [-0.2, 0) is 4.74 Å². The van der Waals surface area contributed by atoms with Crippen LogP contribution in [0.1, 0.15) is 65.2 Å². The van der Waals surface area contributed by atoms with Gasteiger partial charge in [0.25, 0.3) is 0 Å². The van der Waals surface area contributed by atoms with Crippen LogP contribution in [0.15, 0.2) is 0 Å². The van der Waals surface area contributed by atoms with Crippen LogP contribution in [0.3, 0.4) is 0 Å². The Labute approximate surface area is 159 Å². The third-order valence-electron chi connectivity index (χ3n) is 4.14. The molecule has 0 aliphatic carbocycles. The molecule has 2 unspecified atom stereocenters. The molecule has 0 heterocycles. The molecular formula is C16H22F12O. The minimum absolute atomic E-state index is 0.160. The molecule has 0 radical (unpaired) electrons. The zero-order valence-electron chi connectivity index (χ0n) is 15.6. The predicted octanol–water partition coefficient (Wildman–Crippen LogP) is 7.89. The first kappa shape index (κ1) is 28.1. The van der Waals surface area contributed by atoms with Crippen molar-refractivity contribution in [1.82, 2.24) is 0 Å². The molecular weight excluding hydrogens is 436 g/mol. The normalized spacial score (nSPS) is 18.4. The van der Waals surface area contributed by atoms with E-state index in [1.165, 1.54) is 13.8 Å². The van der Waals surface area contributed by atoms with E-state index < -0.39 is 61.6 Å². The van der Waals surface area contributed by atoms with E-state index in [1.807, 2.05) is 0 Å². The van der Waals surface area contributed by atoms with E-state index in [4.69, 9.17) is 0 Å². The van der Waals surface area contributed by atoms with Crippen molar-refractivity contribution in [1.29, 1.82) is 0 Å². The van der Waals surface area contributed by atoms with Gasteiger partial charge >= 0.3 is 35.9 Å². The number of rotatable bonds is 12. The van der Waals surface area contributed by atoms with Crippen molar-refractivity contribution >= 4 is 0 Å². The van der Waals surface area contributed by atoms with Crippen molar-refractivity contribution in [2.24, 2.45) is 0 Å². The van der Waals surface area contributed by atoms with E-state index >= 15 is 0 Å². The molecule has 0 aromatic rings. The molecule has 0 amide bonds. The largest absolute Gasteiger partial charge is 0.455 e. The number of alkyl halides is 12. The SMILES string of the molecule is CCCCCC(F)(F)C(F)(OC(F)(C(F)(F)F)C(F)(F)CCCCC)C(F)(F)F. The van der Waals surface area contributed by atoms with E-state index in [2.05, 4.69) is 4.74 Å². The third kappa shape index (κ3) is 6.06. The van der Waals surface area contributed by atoms with Gasteiger partial charge in [-0.25, -0.2) is 0 Å². The van der Waals surface area contributed by atoms with Gasteiger partial charge in [-0.2, -0.15) is 52.7 Å². The quantitative estimate of drug-likeness (QED) is 0.213. The maximum atomic E-state index is 14.3. The van der Waals surface area contributed by atoms with Gasteiger partial charge in [-0.3, -0.25) is 4.74 Å². The van der Waals surface area contributed by atoms with Crippen LogP contribution in [0.25, 0.3) is 0 Å². The summed E-state index contributed by atoms with van der Waals surface area (Å²) in [7, 11) is 0. The maximum Gasteiger partial charge on any atom is 0.455 e.